The molecular formula is C17H31N7O9. The number of guanidine groups is 1. The van der Waals surface area contributed by atoms with Crippen molar-refractivity contribution < 1.29 is 44.4 Å². The van der Waals surface area contributed by atoms with E-state index in [-0.39, 0.29) is 25.3 Å². The van der Waals surface area contributed by atoms with E-state index in [2.05, 4.69) is 20.9 Å². The van der Waals surface area contributed by atoms with Crippen LogP contribution in [0, 0.1) is 0 Å². The molecule has 0 bridgehead atoms. The molecule has 0 aromatic carbocycles. The predicted octanol–water partition coefficient (Wildman–Crippen LogP) is -5.25. The summed E-state index contributed by atoms with van der Waals surface area (Å²) in [5, 5.41) is 43.3. The third-order valence-corrected chi connectivity index (χ3v) is 4.17. The van der Waals surface area contributed by atoms with Gasteiger partial charge in [0, 0.05) is 6.54 Å². The van der Waals surface area contributed by atoms with Crippen LogP contribution in [0.15, 0.2) is 4.99 Å². The monoisotopic (exact) mass is 477 g/mol. The molecule has 13 N–H and O–H groups in total. The zero-order valence-electron chi connectivity index (χ0n) is 17.9. The lowest BCUT2D eigenvalue weighted by Crippen LogP contribution is -2.60. The summed E-state index contributed by atoms with van der Waals surface area (Å²) in [7, 11) is 0. The van der Waals surface area contributed by atoms with E-state index in [0.29, 0.717) is 0 Å². The van der Waals surface area contributed by atoms with E-state index in [1.165, 1.54) is 0 Å². The lowest BCUT2D eigenvalue weighted by atomic mass is 10.1. The Morgan fingerprint density at radius 1 is 0.939 bits per heavy atom. The lowest BCUT2D eigenvalue weighted by Gasteiger charge is -2.25. The molecule has 5 unspecified atom stereocenters. The smallest absolute Gasteiger partial charge is 0.326 e. The number of aliphatic carboxylic acids is 2. The van der Waals surface area contributed by atoms with Gasteiger partial charge < -0.3 is 53.6 Å². The van der Waals surface area contributed by atoms with Crippen LogP contribution >= 0.6 is 0 Å². The summed E-state index contributed by atoms with van der Waals surface area (Å²) in [6.07, 6.45) is -2.34. The van der Waals surface area contributed by atoms with Crippen molar-refractivity contribution in [1.29, 1.82) is 0 Å². The molecule has 0 rings (SSSR count). The summed E-state index contributed by atoms with van der Waals surface area (Å²) < 4.78 is 0. The first-order chi connectivity index (χ1) is 15.3. The third-order valence-electron chi connectivity index (χ3n) is 4.17. The summed E-state index contributed by atoms with van der Waals surface area (Å²) in [6, 6.07) is -6.21. The van der Waals surface area contributed by atoms with Crippen LogP contribution in [0.2, 0.25) is 0 Å². The van der Waals surface area contributed by atoms with Crippen molar-refractivity contribution in [2.75, 3.05) is 13.2 Å². The molecule has 0 aromatic heterocycles. The second-order valence-corrected chi connectivity index (χ2v) is 7.02. The number of carbonyl (C=O) groups excluding carboxylic acids is 3. The summed E-state index contributed by atoms with van der Waals surface area (Å²) in [5.41, 5.74) is 15.7. The number of aliphatic hydroxyl groups excluding tert-OH is 2. The Bertz CT molecular complexity index is 740. The maximum Gasteiger partial charge on any atom is 0.326 e. The fourth-order valence-corrected chi connectivity index (χ4v) is 2.43. The number of aliphatic imine (C=N–C) groups is 1. The highest BCUT2D eigenvalue weighted by Gasteiger charge is 2.33. The van der Waals surface area contributed by atoms with Crippen molar-refractivity contribution in [2.24, 2.45) is 22.2 Å². The number of carboxylic acid groups (broad SMARTS) is 2. The number of hydrogen-bond donors (Lipinski definition) is 10. The van der Waals surface area contributed by atoms with Gasteiger partial charge in [-0.25, -0.2) is 4.79 Å². The van der Waals surface area contributed by atoms with Crippen molar-refractivity contribution >= 4 is 35.6 Å². The van der Waals surface area contributed by atoms with Gasteiger partial charge in [-0.3, -0.25) is 24.2 Å². The highest BCUT2D eigenvalue weighted by atomic mass is 16.4. The number of aliphatic hydroxyl groups is 2. The molecule has 0 aromatic rings. The molecule has 16 nitrogen and oxygen atoms in total. The van der Waals surface area contributed by atoms with Gasteiger partial charge in [0.15, 0.2) is 5.96 Å². The molecule has 0 heterocycles. The zero-order chi connectivity index (χ0) is 25.7. The van der Waals surface area contributed by atoms with E-state index in [0.717, 1.165) is 6.92 Å². The molecular weight excluding hydrogens is 446 g/mol. The Morgan fingerprint density at radius 2 is 1.52 bits per heavy atom. The van der Waals surface area contributed by atoms with Gasteiger partial charge in [-0.2, -0.15) is 0 Å². The molecule has 5 atom stereocenters. The fraction of sp³-hybridized carbons (Fsp3) is 0.647. The summed E-state index contributed by atoms with van der Waals surface area (Å²) in [4.78, 5) is 63.1. The number of nitrogens with zero attached hydrogens (tertiary/aromatic N) is 1. The lowest BCUT2D eigenvalue weighted by molar-refractivity contribution is -0.144. The first-order valence-corrected chi connectivity index (χ1v) is 9.75. The molecule has 0 fully saturated rings. The SMILES string of the molecule is CC(O)C(NC(=O)C(N)CO)C(=O)NC(CC(=O)O)C(=O)NC(CCCN=C(N)N)C(=O)O. The number of hydrogen-bond acceptors (Lipinski definition) is 9. The molecule has 0 radical (unpaired) electrons. The van der Waals surface area contributed by atoms with Gasteiger partial charge >= 0.3 is 11.9 Å². The second-order valence-electron chi connectivity index (χ2n) is 7.02. The van der Waals surface area contributed by atoms with Crippen molar-refractivity contribution in [3.63, 3.8) is 0 Å². The second kappa shape index (κ2) is 14.5. The fourth-order valence-electron chi connectivity index (χ4n) is 2.43. The molecule has 0 saturated heterocycles. The van der Waals surface area contributed by atoms with Crippen molar-refractivity contribution in [3.05, 3.63) is 0 Å². The van der Waals surface area contributed by atoms with Gasteiger partial charge in [-0.05, 0) is 19.8 Å². The van der Waals surface area contributed by atoms with Crippen molar-refractivity contribution in [1.82, 2.24) is 16.0 Å². The van der Waals surface area contributed by atoms with E-state index < -0.39 is 73.0 Å². The maximum absolute atomic E-state index is 12.5. The molecule has 0 aliphatic rings. The average Bonchev–Trinajstić information content (AvgIpc) is 2.71. The van der Waals surface area contributed by atoms with Crippen LogP contribution in [-0.4, -0.2) is 99.5 Å². The molecule has 0 aliphatic carbocycles. The van der Waals surface area contributed by atoms with Crippen LogP contribution in [0.5, 0.6) is 0 Å². The number of carboxylic acids is 2. The molecule has 0 saturated carbocycles. The molecule has 16 heteroatoms. The van der Waals surface area contributed by atoms with E-state index in [9.17, 15) is 34.2 Å². The number of nitrogens with two attached hydrogens (primary N) is 3. The van der Waals surface area contributed by atoms with Gasteiger partial charge in [0.2, 0.25) is 17.7 Å². The number of rotatable bonds is 15. The van der Waals surface area contributed by atoms with Crippen LogP contribution in [0.3, 0.4) is 0 Å². The van der Waals surface area contributed by atoms with E-state index in [1.54, 1.807) is 0 Å². The van der Waals surface area contributed by atoms with Crippen molar-refractivity contribution in [2.45, 2.75) is 56.5 Å². The Morgan fingerprint density at radius 3 is 1.97 bits per heavy atom. The number of nitrogens with one attached hydrogen (secondary N) is 3. The van der Waals surface area contributed by atoms with E-state index in [1.807, 2.05) is 0 Å². The first kappa shape index (κ1) is 29.5. The zero-order valence-corrected chi connectivity index (χ0v) is 17.9. The van der Waals surface area contributed by atoms with Gasteiger partial charge in [-0.1, -0.05) is 0 Å². The standard InChI is InChI=1S/C17H31N7O9/c1-7(26)12(24-13(29)8(18)6-25)15(31)23-10(5-11(27)28)14(30)22-9(16(32)33)3-2-4-21-17(19)20/h7-10,12,25-26H,2-6,18H2,1H3,(H,22,30)(H,23,31)(H,24,29)(H,27,28)(H,32,33)(H4,19,20,21). The predicted molar refractivity (Wildman–Crippen MR) is 112 cm³/mol. The van der Waals surface area contributed by atoms with Gasteiger partial charge in [0.25, 0.3) is 0 Å². The molecule has 0 aliphatic heterocycles. The van der Waals surface area contributed by atoms with Crippen LogP contribution in [-0.2, 0) is 24.0 Å². The normalized spacial score (nSPS) is 15.2. The third kappa shape index (κ3) is 11.6. The Labute approximate surface area is 188 Å². The quantitative estimate of drug-likeness (QED) is 0.0601. The van der Waals surface area contributed by atoms with Gasteiger partial charge in [-0.15, -0.1) is 0 Å². The summed E-state index contributed by atoms with van der Waals surface area (Å²) in [6.45, 7) is 0.477. The largest absolute Gasteiger partial charge is 0.481 e. The minimum Gasteiger partial charge on any atom is -0.481 e. The Hall–Kier alpha value is -3.50. The number of carbonyl (C=O) groups is 5. The van der Waals surface area contributed by atoms with Crippen molar-refractivity contribution in [3.8, 4) is 0 Å². The highest BCUT2D eigenvalue weighted by Crippen LogP contribution is 2.03. The van der Waals surface area contributed by atoms with Crippen LogP contribution in [0.4, 0.5) is 0 Å². The summed E-state index contributed by atoms with van der Waals surface area (Å²) >= 11 is 0. The number of amides is 3. The Kier molecular flexibility index (Phi) is 13.0. The summed E-state index contributed by atoms with van der Waals surface area (Å²) in [5.74, 6) is -6.35. The van der Waals surface area contributed by atoms with Gasteiger partial charge in [0.05, 0.1) is 19.1 Å². The first-order valence-electron chi connectivity index (χ1n) is 9.75. The molecule has 0 spiro atoms. The van der Waals surface area contributed by atoms with Crippen LogP contribution in [0.1, 0.15) is 26.2 Å². The Balaban J connectivity index is 5.37. The van der Waals surface area contributed by atoms with Gasteiger partial charge in [0.1, 0.15) is 24.2 Å². The van der Waals surface area contributed by atoms with E-state index in [4.69, 9.17) is 27.4 Å². The average molecular weight is 477 g/mol. The molecule has 33 heavy (non-hydrogen) atoms. The highest BCUT2D eigenvalue weighted by molar-refractivity contribution is 5.95. The van der Waals surface area contributed by atoms with Crippen LogP contribution < -0.4 is 33.2 Å². The minimum atomic E-state index is -1.74. The molecule has 3 amide bonds. The molecule has 188 valence electrons. The van der Waals surface area contributed by atoms with E-state index >= 15 is 0 Å². The minimum absolute atomic E-state index is 0.0863. The van der Waals surface area contributed by atoms with Crippen LogP contribution in [0.25, 0.3) is 0 Å². The topological polar surface area (TPSA) is 293 Å². The maximum atomic E-state index is 12.5.